The van der Waals surface area contributed by atoms with E-state index < -0.39 is 0 Å². The first-order valence-electron chi connectivity index (χ1n) is 9.10. The minimum absolute atomic E-state index is 0. The number of halogens is 1. The van der Waals surface area contributed by atoms with Gasteiger partial charge in [-0.25, -0.2) is 0 Å². The minimum Gasteiger partial charge on any atom is -0.355 e. The van der Waals surface area contributed by atoms with Crippen LogP contribution in [-0.2, 0) is 4.79 Å². The van der Waals surface area contributed by atoms with E-state index in [2.05, 4.69) is 20.9 Å². The highest BCUT2D eigenvalue weighted by molar-refractivity contribution is 14.0. The average molecular weight is 468 g/mol. The van der Waals surface area contributed by atoms with Crippen LogP contribution in [-0.4, -0.2) is 49.6 Å². The SMILES string of the molecule is CN=C(NCCNC(=O)CC1CCCCC1)NCC1CCCS1.I. The molecule has 1 heterocycles. The summed E-state index contributed by atoms with van der Waals surface area (Å²) >= 11 is 2.04. The van der Waals surface area contributed by atoms with Crippen LogP contribution in [0.3, 0.4) is 0 Å². The van der Waals surface area contributed by atoms with E-state index in [0.717, 1.165) is 12.5 Å². The predicted octanol–water partition coefficient (Wildman–Crippen LogP) is 2.75. The molecule has 0 radical (unpaired) electrons. The quantitative estimate of drug-likeness (QED) is 0.233. The Kier molecular flexibility index (Phi) is 11.9. The largest absolute Gasteiger partial charge is 0.355 e. The fourth-order valence-electron chi connectivity index (χ4n) is 3.34. The summed E-state index contributed by atoms with van der Waals surface area (Å²) in [7, 11) is 1.79. The highest BCUT2D eigenvalue weighted by Crippen LogP contribution is 2.26. The molecular weight excluding hydrogens is 435 g/mol. The maximum atomic E-state index is 11.9. The summed E-state index contributed by atoms with van der Waals surface area (Å²) in [6, 6.07) is 0. The molecule has 1 saturated carbocycles. The zero-order valence-corrected chi connectivity index (χ0v) is 18.0. The van der Waals surface area contributed by atoms with Crippen LogP contribution < -0.4 is 16.0 Å². The zero-order valence-electron chi connectivity index (χ0n) is 14.8. The van der Waals surface area contributed by atoms with Gasteiger partial charge in [0, 0.05) is 38.4 Å². The number of hydrogen-bond acceptors (Lipinski definition) is 3. The molecule has 2 fully saturated rings. The van der Waals surface area contributed by atoms with Gasteiger partial charge in [-0.15, -0.1) is 24.0 Å². The molecule has 1 saturated heterocycles. The third-order valence-corrected chi connectivity index (χ3v) is 6.08. The topological polar surface area (TPSA) is 65.5 Å². The first-order valence-corrected chi connectivity index (χ1v) is 10.2. The standard InChI is InChI=1S/C17H32N4OS.HI/c1-18-17(21-13-15-8-5-11-23-15)20-10-9-19-16(22)12-14-6-3-2-4-7-14;/h14-15H,2-13H2,1H3,(H,19,22)(H2,18,20,21);1H. The molecular formula is C17H33IN4OS. The van der Waals surface area contributed by atoms with Gasteiger partial charge in [0.2, 0.25) is 5.91 Å². The second-order valence-electron chi connectivity index (χ2n) is 6.57. The van der Waals surface area contributed by atoms with Crippen molar-refractivity contribution in [2.45, 2.75) is 56.6 Å². The molecule has 0 spiro atoms. The van der Waals surface area contributed by atoms with E-state index in [4.69, 9.17) is 0 Å². The summed E-state index contributed by atoms with van der Waals surface area (Å²) in [6.45, 7) is 2.34. The smallest absolute Gasteiger partial charge is 0.220 e. The molecule has 0 bridgehead atoms. The lowest BCUT2D eigenvalue weighted by molar-refractivity contribution is -0.122. The van der Waals surface area contributed by atoms with E-state index in [1.54, 1.807) is 7.05 Å². The Morgan fingerprint density at radius 3 is 2.46 bits per heavy atom. The third-order valence-electron chi connectivity index (χ3n) is 4.68. The Morgan fingerprint density at radius 2 is 1.79 bits per heavy atom. The predicted molar refractivity (Wildman–Crippen MR) is 114 cm³/mol. The number of nitrogens with one attached hydrogen (secondary N) is 3. The number of aliphatic imine (C=N–C) groups is 1. The molecule has 2 aliphatic rings. The van der Waals surface area contributed by atoms with E-state index in [1.165, 1.54) is 50.7 Å². The molecule has 7 heteroatoms. The van der Waals surface area contributed by atoms with Crippen molar-refractivity contribution in [2.24, 2.45) is 10.9 Å². The van der Waals surface area contributed by atoms with Gasteiger partial charge in [-0.05, 0) is 37.4 Å². The van der Waals surface area contributed by atoms with Crippen LogP contribution in [0.25, 0.3) is 0 Å². The molecule has 1 aliphatic heterocycles. The second kappa shape index (κ2) is 13.1. The lowest BCUT2D eigenvalue weighted by Gasteiger charge is -2.21. The Labute approximate surface area is 168 Å². The first-order chi connectivity index (χ1) is 11.3. The molecule has 2 rings (SSSR count). The molecule has 1 amide bonds. The van der Waals surface area contributed by atoms with Gasteiger partial charge >= 0.3 is 0 Å². The molecule has 1 unspecified atom stereocenters. The Bertz CT molecular complexity index is 383. The van der Waals surface area contributed by atoms with Crippen LogP contribution in [0.15, 0.2) is 4.99 Å². The average Bonchev–Trinajstić information content (AvgIpc) is 3.08. The van der Waals surface area contributed by atoms with Crippen molar-refractivity contribution < 1.29 is 4.79 Å². The molecule has 0 aromatic carbocycles. The summed E-state index contributed by atoms with van der Waals surface area (Å²) in [4.78, 5) is 16.2. The molecule has 24 heavy (non-hydrogen) atoms. The number of rotatable bonds is 7. The minimum atomic E-state index is 0. The summed E-state index contributed by atoms with van der Waals surface area (Å²) in [5, 5.41) is 10.4. The lowest BCUT2D eigenvalue weighted by Crippen LogP contribution is -2.43. The normalized spacial score (nSPS) is 21.9. The Balaban J connectivity index is 0.00000288. The van der Waals surface area contributed by atoms with E-state index in [0.29, 0.717) is 30.7 Å². The molecule has 0 aromatic rings. The summed E-state index contributed by atoms with van der Waals surface area (Å²) in [5.74, 6) is 2.92. The summed E-state index contributed by atoms with van der Waals surface area (Å²) < 4.78 is 0. The number of nitrogens with zero attached hydrogens (tertiary/aromatic N) is 1. The second-order valence-corrected chi connectivity index (χ2v) is 7.98. The maximum absolute atomic E-state index is 11.9. The number of guanidine groups is 1. The van der Waals surface area contributed by atoms with E-state index in [-0.39, 0.29) is 29.9 Å². The van der Waals surface area contributed by atoms with Crippen LogP contribution in [0.5, 0.6) is 0 Å². The van der Waals surface area contributed by atoms with Crippen molar-refractivity contribution in [2.75, 3.05) is 32.4 Å². The van der Waals surface area contributed by atoms with Crippen LogP contribution >= 0.6 is 35.7 Å². The van der Waals surface area contributed by atoms with Gasteiger partial charge in [-0.2, -0.15) is 11.8 Å². The Morgan fingerprint density at radius 1 is 1.04 bits per heavy atom. The van der Waals surface area contributed by atoms with Crippen molar-refractivity contribution in [1.29, 1.82) is 0 Å². The van der Waals surface area contributed by atoms with Crippen LogP contribution in [0.2, 0.25) is 0 Å². The number of amides is 1. The van der Waals surface area contributed by atoms with Crippen LogP contribution in [0.1, 0.15) is 51.4 Å². The lowest BCUT2D eigenvalue weighted by atomic mass is 9.87. The van der Waals surface area contributed by atoms with Crippen molar-refractivity contribution >= 4 is 47.6 Å². The first kappa shape index (κ1) is 21.9. The molecule has 140 valence electrons. The fourth-order valence-corrected chi connectivity index (χ4v) is 4.55. The number of hydrogen-bond donors (Lipinski definition) is 3. The Hall–Kier alpha value is -0.180. The van der Waals surface area contributed by atoms with Gasteiger partial charge in [-0.1, -0.05) is 19.3 Å². The summed E-state index contributed by atoms with van der Waals surface area (Å²) in [6.07, 6.45) is 9.70. The van der Waals surface area contributed by atoms with Crippen molar-refractivity contribution in [3.05, 3.63) is 0 Å². The summed E-state index contributed by atoms with van der Waals surface area (Å²) in [5.41, 5.74) is 0. The van der Waals surface area contributed by atoms with E-state index in [1.807, 2.05) is 11.8 Å². The number of thioether (sulfide) groups is 1. The molecule has 3 N–H and O–H groups in total. The highest BCUT2D eigenvalue weighted by atomic mass is 127. The van der Waals surface area contributed by atoms with E-state index in [9.17, 15) is 4.79 Å². The zero-order chi connectivity index (χ0) is 16.3. The van der Waals surface area contributed by atoms with E-state index >= 15 is 0 Å². The maximum Gasteiger partial charge on any atom is 0.220 e. The van der Waals surface area contributed by atoms with Gasteiger partial charge < -0.3 is 16.0 Å². The molecule has 5 nitrogen and oxygen atoms in total. The van der Waals surface area contributed by atoms with Crippen molar-refractivity contribution in [3.63, 3.8) is 0 Å². The highest BCUT2D eigenvalue weighted by Gasteiger charge is 2.17. The number of carbonyl (C=O) groups excluding carboxylic acids is 1. The van der Waals surface area contributed by atoms with Gasteiger partial charge in [0.1, 0.15) is 0 Å². The molecule has 1 aliphatic carbocycles. The van der Waals surface area contributed by atoms with Gasteiger partial charge in [0.05, 0.1) is 0 Å². The van der Waals surface area contributed by atoms with Gasteiger partial charge in [0.25, 0.3) is 0 Å². The molecule has 0 aromatic heterocycles. The molecule has 1 atom stereocenters. The van der Waals surface area contributed by atoms with Crippen molar-refractivity contribution in [1.82, 2.24) is 16.0 Å². The van der Waals surface area contributed by atoms with Gasteiger partial charge in [-0.3, -0.25) is 9.79 Å². The monoisotopic (exact) mass is 468 g/mol. The third kappa shape index (κ3) is 8.78. The van der Waals surface area contributed by atoms with Gasteiger partial charge in [0.15, 0.2) is 5.96 Å². The van der Waals surface area contributed by atoms with Crippen molar-refractivity contribution in [3.8, 4) is 0 Å². The van der Waals surface area contributed by atoms with Crippen LogP contribution in [0.4, 0.5) is 0 Å². The van der Waals surface area contributed by atoms with Crippen LogP contribution in [0, 0.1) is 5.92 Å². The fraction of sp³-hybridized carbons (Fsp3) is 0.882. The number of carbonyl (C=O) groups is 1.